The zero-order chi connectivity index (χ0) is 12.5. The average Bonchev–Trinajstić information content (AvgIpc) is 2.98. The lowest BCUT2D eigenvalue weighted by molar-refractivity contribution is 0.940. The molecule has 1 aromatic carbocycles. The first-order chi connectivity index (χ1) is 8.74. The van der Waals surface area contributed by atoms with Gasteiger partial charge in [-0.15, -0.1) is 0 Å². The Labute approximate surface area is 107 Å². The molecule has 0 amide bonds. The highest BCUT2D eigenvalue weighted by atomic mass is 35.5. The smallest absolute Gasteiger partial charge is 0.203 e. The fraction of sp³-hybridized carbons (Fsp3) is 0.0909. The van der Waals surface area contributed by atoms with Gasteiger partial charge in [0.15, 0.2) is 5.69 Å². The monoisotopic (exact) mass is 260 g/mol. The molecule has 0 aliphatic rings. The first-order valence-corrected chi connectivity index (χ1v) is 5.68. The summed E-state index contributed by atoms with van der Waals surface area (Å²) in [7, 11) is 0. The van der Waals surface area contributed by atoms with E-state index in [1.54, 1.807) is 12.1 Å². The van der Waals surface area contributed by atoms with E-state index in [1.165, 1.54) is 0 Å². The van der Waals surface area contributed by atoms with E-state index >= 15 is 0 Å². The van der Waals surface area contributed by atoms with Crippen molar-refractivity contribution in [3.05, 3.63) is 35.1 Å². The maximum atomic E-state index is 5.86. The minimum atomic E-state index is 0.520. The number of hydrogen-bond acceptors (Lipinski definition) is 4. The van der Waals surface area contributed by atoms with Gasteiger partial charge in [0.25, 0.3) is 0 Å². The van der Waals surface area contributed by atoms with Gasteiger partial charge < -0.3 is 0 Å². The lowest BCUT2D eigenvalue weighted by atomic mass is 10.1. The summed E-state index contributed by atoms with van der Waals surface area (Å²) in [5.74, 6) is 1.25. The van der Waals surface area contributed by atoms with Crippen LogP contribution in [0, 0.1) is 6.92 Å². The predicted octanol–water partition coefficient (Wildman–Crippen LogP) is 2.22. The number of benzene rings is 1. The van der Waals surface area contributed by atoms with Crippen molar-refractivity contribution in [3.8, 4) is 22.8 Å². The van der Waals surface area contributed by atoms with Crippen LogP contribution in [-0.2, 0) is 0 Å². The Morgan fingerprint density at radius 1 is 1.00 bits per heavy atom. The van der Waals surface area contributed by atoms with E-state index in [9.17, 15) is 0 Å². The Morgan fingerprint density at radius 3 is 2.39 bits per heavy atom. The third kappa shape index (κ3) is 1.86. The molecule has 0 aliphatic carbocycles. The highest BCUT2D eigenvalue weighted by Gasteiger charge is 2.15. The maximum absolute atomic E-state index is 5.86. The fourth-order valence-corrected chi connectivity index (χ4v) is 1.77. The highest BCUT2D eigenvalue weighted by molar-refractivity contribution is 6.30. The summed E-state index contributed by atoms with van der Waals surface area (Å²) in [5, 5.41) is 18.3. The minimum absolute atomic E-state index is 0.520. The van der Waals surface area contributed by atoms with E-state index in [-0.39, 0.29) is 0 Å². The molecular weight excluding hydrogens is 252 g/mol. The van der Waals surface area contributed by atoms with Gasteiger partial charge in [-0.3, -0.25) is 5.10 Å². The Bertz CT molecular complexity index is 669. The van der Waals surface area contributed by atoms with Crippen molar-refractivity contribution in [2.75, 3.05) is 0 Å². The van der Waals surface area contributed by atoms with Crippen molar-refractivity contribution in [1.29, 1.82) is 0 Å². The maximum Gasteiger partial charge on any atom is 0.203 e. The predicted molar refractivity (Wildman–Crippen MR) is 66.9 cm³/mol. The molecule has 0 bridgehead atoms. The summed E-state index contributed by atoms with van der Waals surface area (Å²) >= 11 is 5.86. The Kier molecular flexibility index (Phi) is 2.56. The van der Waals surface area contributed by atoms with Crippen molar-refractivity contribution >= 4 is 11.6 Å². The second-order valence-electron chi connectivity index (χ2n) is 3.77. The molecule has 0 atom stereocenters. The Balaban J connectivity index is 2.09. The van der Waals surface area contributed by atoms with Crippen molar-refractivity contribution in [1.82, 2.24) is 30.6 Å². The third-order valence-corrected chi connectivity index (χ3v) is 2.73. The number of aryl methyl sites for hydroxylation is 1. The van der Waals surface area contributed by atoms with Crippen LogP contribution in [0.1, 0.15) is 5.82 Å². The van der Waals surface area contributed by atoms with E-state index in [0.717, 1.165) is 11.4 Å². The van der Waals surface area contributed by atoms with E-state index in [2.05, 4.69) is 30.6 Å². The molecule has 2 heterocycles. The number of aromatic amines is 2. The number of nitrogens with one attached hydrogen (secondary N) is 2. The number of hydrogen-bond donors (Lipinski definition) is 2. The number of halogens is 1. The minimum Gasteiger partial charge on any atom is -0.263 e. The van der Waals surface area contributed by atoms with Gasteiger partial charge in [-0.2, -0.15) is 20.5 Å². The summed E-state index contributed by atoms with van der Waals surface area (Å²) in [5.41, 5.74) is 2.22. The second kappa shape index (κ2) is 4.23. The van der Waals surface area contributed by atoms with Crippen LogP contribution in [0.25, 0.3) is 22.8 Å². The molecule has 0 radical (unpaired) electrons. The molecule has 7 heteroatoms. The number of rotatable bonds is 2. The molecule has 6 nitrogen and oxygen atoms in total. The van der Waals surface area contributed by atoms with Gasteiger partial charge in [-0.25, -0.2) is 4.98 Å². The second-order valence-corrected chi connectivity index (χ2v) is 4.21. The van der Waals surface area contributed by atoms with Crippen molar-refractivity contribution < 1.29 is 0 Å². The van der Waals surface area contributed by atoms with Gasteiger partial charge in [0.1, 0.15) is 11.5 Å². The summed E-state index contributed by atoms with van der Waals surface area (Å²) in [6.45, 7) is 1.83. The summed E-state index contributed by atoms with van der Waals surface area (Å²) in [4.78, 5) is 4.24. The zero-order valence-electron chi connectivity index (χ0n) is 9.48. The molecule has 90 valence electrons. The van der Waals surface area contributed by atoms with Crippen LogP contribution in [0.2, 0.25) is 5.02 Å². The van der Waals surface area contributed by atoms with Crippen LogP contribution in [0.15, 0.2) is 24.3 Å². The highest BCUT2D eigenvalue weighted by Crippen LogP contribution is 2.26. The summed E-state index contributed by atoms with van der Waals surface area (Å²) < 4.78 is 0. The van der Waals surface area contributed by atoms with Crippen molar-refractivity contribution in [2.24, 2.45) is 0 Å². The molecule has 0 aliphatic heterocycles. The average molecular weight is 261 g/mol. The van der Waals surface area contributed by atoms with E-state index in [0.29, 0.717) is 22.2 Å². The van der Waals surface area contributed by atoms with Gasteiger partial charge in [-0.05, 0) is 19.1 Å². The van der Waals surface area contributed by atoms with Gasteiger partial charge in [0, 0.05) is 10.6 Å². The van der Waals surface area contributed by atoms with E-state index in [4.69, 9.17) is 11.6 Å². The molecule has 3 aromatic rings. The number of H-pyrrole nitrogens is 2. The molecular formula is C11H9ClN6. The lowest BCUT2D eigenvalue weighted by Crippen LogP contribution is -1.86. The lowest BCUT2D eigenvalue weighted by Gasteiger charge is -1.97. The number of nitrogens with zero attached hydrogens (tertiary/aromatic N) is 4. The summed E-state index contributed by atoms with van der Waals surface area (Å²) in [6.07, 6.45) is 0. The molecule has 0 saturated heterocycles. The molecule has 18 heavy (non-hydrogen) atoms. The first-order valence-electron chi connectivity index (χ1n) is 5.30. The molecule has 2 aromatic heterocycles. The van der Waals surface area contributed by atoms with E-state index in [1.807, 2.05) is 19.1 Å². The van der Waals surface area contributed by atoms with E-state index < -0.39 is 0 Å². The number of aromatic nitrogens is 6. The molecule has 0 saturated carbocycles. The first kappa shape index (κ1) is 10.9. The van der Waals surface area contributed by atoms with Gasteiger partial charge >= 0.3 is 0 Å². The van der Waals surface area contributed by atoms with Crippen molar-refractivity contribution in [2.45, 2.75) is 6.92 Å². The van der Waals surface area contributed by atoms with Gasteiger partial charge in [-0.1, -0.05) is 23.7 Å². The van der Waals surface area contributed by atoms with Crippen LogP contribution in [0.4, 0.5) is 0 Å². The Morgan fingerprint density at radius 2 is 1.72 bits per heavy atom. The molecule has 3 rings (SSSR count). The zero-order valence-corrected chi connectivity index (χ0v) is 10.2. The Hall–Kier alpha value is -2.21. The third-order valence-electron chi connectivity index (χ3n) is 2.47. The molecule has 0 spiro atoms. The largest absolute Gasteiger partial charge is 0.263 e. The molecule has 2 N–H and O–H groups in total. The topological polar surface area (TPSA) is 83.1 Å². The standard InChI is InChI=1S/C11H9ClN6/c1-6-13-11(17-14-6)10-9(15-18-16-10)7-2-4-8(12)5-3-7/h2-5H,1H3,(H,13,14,17)(H,15,16,18). The van der Waals surface area contributed by atoms with Crippen molar-refractivity contribution in [3.63, 3.8) is 0 Å². The van der Waals surface area contributed by atoms with Crippen LogP contribution >= 0.6 is 11.6 Å². The molecule has 0 unspecified atom stereocenters. The van der Waals surface area contributed by atoms with Gasteiger partial charge in [0.2, 0.25) is 5.82 Å². The van der Waals surface area contributed by atoms with Crippen LogP contribution < -0.4 is 0 Å². The van der Waals surface area contributed by atoms with Gasteiger partial charge in [0.05, 0.1) is 0 Å². The fourth-order valence-electron chi connectivity index (χ4n) is 1.64. The summed E-state index contributed by atoms with van der Waals surface area (Å²) in [6, 6.07) is 7.36. The quantitative estimate of drug-likeness (QED) is 0.740. The van der Waals surface area contributed by atoms with Crippen LogP contribution in [0.5, 0.6) is 0 Å². The van der Waals surface area contributed by atoms with Crippen LogP contribution in [-0.4, -0.2) is 30.6 Å². The van der Waals surface area contributed by atoms with Crippen LogP contribution in [0.3, 0.4) is 0 Å². The SMILES string of the molecule is Cc1nc(-c2n[nH]nc2-c2ccc(Cl)cc2)n[nH]1. The normalized spacial score (nSPS) is 10.8. The molecule has 0 fully saturated rings.